The molecule has 0 heterocycles. The minimum Gasteiger partial charge on any atom is -0.480 e. The smallest absolute Gasteiger partial charge is 0.326 e. The van der Waals surface area contributed by atoms with Gasteiger partial charge in [0.15, 0.2) is 0 Å². The second kappa shape index (κ2) is 16.9. The first-order valence-electron chi connectivity index (χ1n) is 9.26. The fourth-order valence-electron chi connectivity index (χ4n) is 1.92. The highest BCUT2D eigenvalue weighted by atomic mass is 16.5. The molecule has 0 saturated heterocycles. The standard InChI is InChI=1S/C17H32N4O7/c1-3-6-19-15(23)11-20-14(22)5-4-13(17(25)26)21-16(24)12-28-10-9-27-8-7-18-2/h13,18H,3-12H2,1-2H3,(H,19,23)(H,20,22)(H,21,24)(H,25,26). The molecule has 0 bridgehead atoms. The van der Waals surface area contributed by atoms with Crippen LogP contribution in [0.25, 0.3) is 0 Å². The number of hydrogen-bond donors (Lipinski definition) is 5. The van der Waals surface area contributed by atoms with E-state index in [1.165, 1.54) is 0 Å². The number of amides is 3. The number of rotatable bonds is 17. The van der Waals surface area contributed by atoms with E-state index in [1.807, 2.05) is 6.92 Å². The Balaban J connectivity index is 4.01. The second-order valence-electron chi connectivity index (χ2n) is 5.89. The lowest BCUT2D eigenvalue weighted by atomic mass is 10.1. The maximum Gasteiger partial charge on any atom is 0.326 e. The molecule has 0 radical (unpaired) electrons. The van der Waals surface area contributed by atoms with E-state index in [0.29, 0.717) is 26.3 Å². The average molecular weight is 404 g/mol. The minimum atomic E-state index is -1.25. The number of carboxylic acid groups (broad SMARTS) is 1. The largest absolute Gasteiger partial charge is 0.480 e. The van der Waals surface area contributed by atoms with Gasteiger partial charge >= 0.3 is 5.97 Å². The fraction of sp³-hybridized carbons (Fsp3) is 0.765. The van der Waals surface area contributed by atoms with Crippen molar-refractivity contribution < 1.29 is 33.8 Å². The third kappa shape index (κ3) is 14.9. The molecule has 11 nitrogen and oxygen atoms in total. The summed E-state index contributed by atoms with van der Waals surface area (Å²) in [5.41, 5.74) is 0. The van der Waals surface area contributed by atoms with E-state index in [4.69, 9.17) is 14.6 Å². The molecule has 0 aliphatic heterocycles. The zero-order chi connectivity index (χ0) is 21.2. The van der Waals surface area contributed by atoms with Gasteiger partial charge < -0.3 is 35.8 Å². The SMILES string of the molecule is CCCNC(=O)CNC(=O)CCC(NC(=O)COCCOCCNC)C(=O)O. The monoisotopic (exact) mass is 404 g/mol. The molecule has 0 rings (SSSR count). The van der Waals surface area contributed by atoms with Crippen LogP contribution in [0, 0.1) is 0 Å². The van der Waals surface area contributed by atoms with Gasteiger partial charge in [0.1, 0.15) is 12.6 Å². The third-order valence-corrected chi connectivity index (χ3v) is 3.41. The lowest BCUT2D eigenvalue weighted by molar-refractivity contribution is -0.143. The van der Waals surface area contributed by atoms with Crippen LogP contribution in [-0.2, 0) is 28.7 Å². The summed E-state index contributed by atoms with van der Waals surface area (Å²) in [5.74, 6) is -2.63. The molecule has 0 aromatic carbocycles. The summed E-state index contributed by atoms with van der Waals surface area (Å²) in [6.45, 7) is 3.71. The van der Waals surface area contributed by atoms with Crippen molar-refractivity contribution in [3.05, 3.63) is 0 Å². The lowest BCUT2D eigenvalue weighted by Crippen LogP contribution is -2.43. The summed E-state index contributed by atoms with van der Waals surface area (Å²) < 4.78 is 10.3. The van der Waals surface area contributed by atoms with E-state index < -0.39 is 23.8 Å². The van der Waals surface area contributed by atoms with Gasteiger partial charge in [-0.2, -0.15) is 0 Å². The summed E-state index contributed by atoms with van der Waals surface area (Å²) in [4.78, 5) is 46.1. The van der Waals surface area contributed by atoms with Gasteiger partial charge in [-0.05, 0) is 19.9 Å². The van der Waals surface area contributed by atoms with Crippen LogP contribution in [0.3, 0.4) is 0 Å². The van der Waals surface area contributed by atoms with E-state index in [0.717, 1.165) is 6.42 Å². The molecular weight excluding hydrogens is 372 g/mol. The summed E-state index contributed by atoms with van der Waals surface area (Å²) in [7, 11) is 1.80. The van der Waals surface area contributed by atoms with Gasteiger partial charge in [0.05, 0.1) is 26.4 Å². The highest BCUT2D eigenvalue weighted by molar-refractivity contribution is 5.86. The Morgan fingerprint density at radius 3 is 2.29 bits per heavy atom. The molecule has 0 saturated carbocycles. The molecule has 11 heteroatoms. The van der Waals surface area contributed by atoms with Gasteiger partial charge in [0.25, 0.3) is 0 Å². The van der Waals surface area contributed by atoms with Gasteiger partial charge in [-0.1, -0.05) is 6.92 Å². The van der Waals surface area contributed by atoms with Crippen molar-refractivity contribution in [1.29, 1.82) is 0 Å². The first-order chi connectivity index (χ1) is 13.4. The van der Waals surface area contributed by atoms with Crippen LogP contribution in [0.2, 0.25) is 0 Å². The van der Waals surface area contributed by atoms with Crippen LogP contribution >= 0.6 is 0 Å². The van der Waals surface area contributed by atoms with Crippen molar-refractivity contribution >= 4 is 23.7 Å². The maximum absolute atomic E-state index is 11.7. The molecule has 162 valence electrons. The second-order valence-corrected chi connectivity index (χ2v) is 5.89. The fourth-order valence-corrected chi connectivity index (χ4v) is 1.92. The van der Waals surface area contributed by atoms with Crippen molar-refractivity contribution in [3.8, 4) is 0 Å². The van der Waals surface area contributed by atoms with Gasteiger partial charge in [-0.3, -0.25) is 14.4 Å². The molecule has 0 aromatic heterocycles. The summed E-state index contributed by atoms with van der Waals surface area (Å²) in [5, 5.41) is 19.4. The van der Waals surface area contributed by atoms with Crippen LogP contribution < -0.4 is 21.3 Å². The Labute approximate surface area is 164 Å². The number of nitrogens with one attached hydrogen (secondary N) is 4. The lowest BCUT2D eigenvalue weighted by Gasteiger charge is -2.14. The Morgan fingerprint density at radius 2 is 1.64 bits per heavy atom. The molecule has 28 heavy (non-hydrogen) atoms. The van der Waals surface area contributed by atoms with E-state index in [2.05, 4.69) is 21.3 Å². The third-order valence-electron chi connectivity index (χ3n) is 3.41. The number of carboxylic acids is 1. The predicted octanol–water partition coefficient (Wildman–Crippen LogP) is -1.77. The molecule has 1 unspecified atom stereocenters. The first-order valence-corrected chi connectivity index (χ1v) is 9.26. The number of carbonyl (C=O) groups excluding carboxylic acids is 3. The summed E-state index contributed by atoms with van der Waals surface area (Å²) >= 11 is 0. The average Bonchev–Trinajstić information content (AvgIpc) is 2.66. The van der Waals surface area contributed by atoms with Crippen molar-refractivity contribution in [1.82, 2.24) is 21.3 Å². The minimum absolute atomic E-state index is 0.101. The summed E-state index contributed by atoms with van der Waals surface area (Å²) in [6.07, 6.45) is 0.543. The Hall–Kier alpha value is -2.24. The van der Waals surface area contributed by atoms with Crippen molar-refractivity contribution in [2.75, 3.05) is 53.1 Å². The molecule has 0 spiro atoms. The first kappa shape index (κ1) is 25.8. The number of ether oxygens (including phenoxy) is 2. The summed E-state index contributed by atoms with van der Waals surface area (Å²) in [6, 6.07) is -1.22. The maximum atomic E-state index is 11.7. The predicted molar refractivity (Wildman–Crippen MR) is 101 cm³/mol. The molecule has 5 N–H and O–H groups in total. The quantitative estimate of drug-likeness (QED) is 0.178. The van der Waals surface area contributed by atoms with Crippen molar-refractivity contribution in [2.45, 2.75) is 32.2 Å². The number of likely N-dealkylation sites (N-methyl/N-ethyl adjacent to an activating group) is 1. The van der Waals surface area contributed by atoms with Crippen molar-refractivity contribution in [2.24, 2.45) is 0 Å². The highest BCUT2D eigenvalue weighted by Gasteiger charge is 2.21. The molecule has 1 atom stereocenters. The van der Waals surface area contributed by atoms with E-state index in [9.17, 15) is 19.2 Å². The highest BCUT2D eigenvalue weighted by Crippen LogP contribution is 1.98. The molecular formula is C17H32N4O7. The Kier molecular flexibility index (Phi) is 15.5. The Bertz CT molecular complexity index is 488. The molecule has 0 fully saturated rings. The number of aliphatic carboxylic acids is 1. The number of carbonyl (C=O) groups is 4. The normalized spacial score (nSPS) is 11.5. The van der Waals surface area contributed by atoms with Crippen LogP contribution in [0.4, 0.5) is 0 Å². The van der Waals surface area contributed by atoms with Crippen molar-refractivity contribution in [3.63, 3.8) is 0 Å². The van der Waals surface area contributed by atoms with Gasteiger partial charge in [-0.15, -0.1) is 0 Å². The molecule has 3 amide bonds. The van der Waals surface area contributed by atoms with Crippen LogP contribution in [0.15, 0.2) is 0 Å². The zero-order valence-electron chi connectivity index (χ0n) is 16.5. The van der Waals surface area contributed by atoms with Gasteiger partial charge in [-0.25, -0.2) is 4.79 Å². The van der Waals surface area contributed by atoms with Gasteiger partial charge in [0, 0.05) is 19.5 Å². The molecule has 0 aliphatic rings. The zero-order valence-corrected chi connectivity index (χ0v) is 16.5. The topological polar surface area (TPSA) is 155 Å². The van der Waals surface area contributed by atoms with E-state index >= 15 is 0 Å². The van der Waals surface area contributed by atoms with E-state index in [-0.39, 0.29) is 38.5 Å². The molecule has 0 aromatic rings. The molecule has 0 aliphatic carbocycles. The van der Waals surface area contributed by atoms with Gasteiger partial charge in [0.2, 0.25) is 17.7 Å². The Morgan fingerprint density at radius 1 is 0.929 bits per heavy atom. The van der Waals surface area contributed by atoms with Crippen LogP contribution in [0.1, 0.15) is 26.2 Å². The van der Waals surface area contributed by atoms with E-state index in [1.54, 1.807) is 7.05 Å². The van der Waals surface area contributed by atoms with Crippen LogP contribution in [-0.4, -0.2) is 87.9 Å². The number of hydrogen-bond acceptors (Lipinski definition) is 7. The van der Waals surface area contributed by atoms with Crippen LogP contribution in [0.5, 0.6) is 0 Å².